The number of hydrogen-bond acceptors (Lipinski definition) is 3. The van der Waals surface area contributed by atoms with E-state index in [-0.39, 0.29) is 18.4 Å². The Labute approximate surface area is 174 Å². The highest BCUT2D eigenvalue weighted by atomic mass is 16.2. The van der Waals surface area contributed by atoms with Crippen LogP contribution in [0.5, 0.6) is 0 Å². The van der Waals surface area contributed by atoms with Crippen molar-refractivity contribution in [2.24, 2.45) is 0 Å². The number of nitrogens with zero attached hydrogens (tertiary/aromatic N) is 2. The van der Waals surface area contributed by atoms with Crippen molar-refractivity contribution in [2.75, 3.05) is 5.32 Å². The molecule has 0 aliphatic carbocycles. The lowest BCUT2D eigenvalue weighted by Crippen LogP contribution is -2.23. The van der Waals surface area contributed by atoms with Crippen LogP contribution < -0.4 is 10.6 Å². The zero-order valence-corrected chi connectivity index (χ0v) is 16.9. The molecule has 0 saturated heterocycles. The molecule has 0 saturated carbocycles. The number of rotatable bonds is 6. The van der Waals surface area contributed by atoms with Crippen molar-refractivity contribution in [1.29, 1.82) is 0 Å². The molecule has 30 heavy (non-hydrogen) atoms. The van der Waals surface area contributed by atoms with Gasteiger partial charge in [0, 0.05) is 46.8 Å². The van der Waals surface area contributed by atoms with Gasteiger partial charge >= 0.3 is 0 Å². The van der Waals surface area contributed by atoms with Gasteiger partial charge in [0.05, 0.1) is 0 Å². The zero-order valence-electron chi connectivity index (χ0n) is 16.9. The molecule has 3 N–H and O–H groups in total. The second-order valence-corrected chi connectivity index (χ2v) is 7.27. The molecule has 2 aromatic heterocycles. The molecule has 0 unspecified atom stereocenters. The van der Waals surface area contributed by atoms with Gasteiger partial charge in [-0.3, -0.25) is 14.3 Å². The summed E-state index contributed by atoms with van der Waals surface area (Å²) in [6.45, 7) is 4.58. The summed E-state index contributed by atoms with van der Waals surface area (Å²) in [6, 6.07) is 14.9. The molecule has 2 aromatic carbocycles. The van der Waals surface area contributed by atoms with E-state index in [4.69, 9.17) is 0 Å². The van der Waals surface area contributed by atoms with Crippen molar-refractivity contribution in [3.05, 3.63) is 83.3 Å². The Morgan fingerprint density at radius 1 is 1.10 bits per heavy atom. The number of aryl methyl sites for hydroxylation is 2. The Morgan fingerprint density at radius 3 is 2.77 bits per heavy atom. The molecular formula is C23H23N5O2. The van der Waals surface area contributed by atoms with Gasteiger partial charge in [-0.1, -0.05) is 12.1 Å². The largest absolute Gasteiger partial charge is 0.358 e. The molecule has 0 bridgehead atoms. The number of amides is 2. The van der Waals surface area contributed by atoms with E-state index < -0.39 is 0 Å². The maximum atomic E-state index is 12.6. The van der Waals surface area contributed by atoms with Crippen LogP contribution >= 0.6 is 0 Å². The number of fused-ring (bicyclic) bond motifs is 1. The van der Waals surface area contributed by atoms with Gasteiger partial charge in [0.25, 0.3) is 5.91 Å². The molecule has 0 aliphatic heterocycles. The number of H-pyrrole nitrogens is 1. The van der Waals surface area contributed by atoms with Crippen LogP contribution in [0.4, 0.5) is 5.69 Å². The number of nitrogens with one attached hydrogen (secondary N) is 3. The van der Waals surface area contributed by atoms with Gasteiger partial charge in [0.2, 0.25) is 5.91 Å². The summed E-state index contributed by atoms with van der Waals surface area (Å²) in [6.07, 6.45) is 3.37. The molecular weight excluding hydrogens is 378 g/mol. The van der Waals surface area contributed by atoms with E-state index in [0.29, 0.717) is 17.8 Å². The Kier molecular flexibility index (Phi) is 5.34. The van der Waals surface area contributed by atoms with Crippen molar-refractivity contribution < 1.29 is 9.59 Å². The van der Waals surface area contributed by atoms with E-state index in [1.807, 2.05) is 56.3 Å². The molecule has 0 fully saturated rings. The maximum absolute atomic E-state index is 12.6. The first-order chi connectivity index (χ1) is 14.5. The molecule has 0 aliphatic rings. The first kappa shape index (κ1) is 19.4. The standard InChI is InChI=1S/C23H23N5O2/c1-15-16(2)26-21-8-7-18(12-20(15)21)23(30)24-13-17-5-3-6-19(11-17)27-22(29)14-28-10-4-9-25-28/h3-12,26H,13-14H2,1-2H3,(H,24,30)(H,27,29). The minimum Gasteiger partial charge on any atom is -0.358 e. The molecule has 4 rings (SSSR count). The van der Waals surface area contributed by atoms with Crippen LogP contribution in [0.3, 0.4) is 0 Å². The van der Waals surface area contributed by atoms with Gasteiger partial charge in [-0.2, -0.15) is 5.10 Å². The number of aromatic amines is 1. The second kappa shape index (κ2) is 8.24. The highest BCUT2D eigenvalue weighted by Crippen LogP contribution is 2.22. The lowest BCUT2D eigenvalue weighted by atomic mass is 10.1. The summed E-state index contributed by atoms with van der Waals surface area (Å²) in [5.74, 6) is -0.298. The quantitative estimate of drug-likeness (QED) is 0.461. The third-order valence-corrected chi connectivity index (χ3v) is 5.10. The van der Waals surface area contributed by atoms with Gasteiger partial charge in [0.15, 0.2) is 0 Å². The van der Waals surface area contributed by atoms with E-state index in [9.17, 15) is 9.59 Å². The molecule has 152 valence electrons. The van der Waals surface area contributed by atoms with Gasteiger partial charge in [-0.25, -0.2) is 0 Å². The fraction of sp³-hybridized carbons (Fsp3) is 0.174. The van der Waals surface area contributed by atoms with E-state index in [1.165, 1.54) is 0 Å². The fourth-order valence-electron chi connectivity index (χ4n) is 3.39. The van der Waals surface area contributed by atoms with Crippen LogP contribution in [0.15, 0.2) is 60.9 Å². The summed E-state index contributed by atoms with van der Waals surface area (Å²) in [4.78, 5) is 28.1. The summed E-state index contributed by atoms with van der Waals surface area (Å²) < 4.78 is 1.56. The van der Waals surface area contributed by atoms with Crippen molar-refractivity contribution >= 4 is 28.4 Å². The lowest BCUT2D eigenvalue weighted by molar-refractivity contribution is -0.116. The van der Waals surface area contributed by atoms with Crippen LogP contribution in [0.1, 0.15) is 27.2 Å². The Morgan fingerprint density at radius 2 is 1.97 bits per heavy atom. The summed E-state index contributed by atoms with van der Waals surface area (Å²) in [5, 5.41) is 10.9. The van der Waals surface area contributed by atoms with Gasteiger partial charge in [-0.05, 0) is 61.4 Å². The highest BCUT2D eigenvalue weighted by molar-refractivity contribution is 5.99. The van der Waals surface area contributed by atoms with E-state index in [0.717, 1.165) is 27.7 Å². The molecule has 7 nitrogen and oxygen atoms in total. The second-order valence-electron chi connectivity index (χ2n) is 7.27. The Balaban J connectivity index is 1.39. The van der Waals surface area contributed by atoms with Crippen LogP contribution in [0, 0.1) is 13.8 Å². The van der Waals surface area contributed by atoms with Crippen LogP contribution in [0.2, 0.25) is 0 Å². The number of benzene rings is 2. The summed E-state index contributed by atoms with van der Waals surface area (Å²) >= 11 is 0. The zero-order chi connectivity index (χ0) is 21.1. The summed E-state index contributed by atoms with van der Waals surface area (Å²) in [7, 11) is 0. The van der Waals surface area contributed by atoms with Crippen molar-refractivity contribution in [3.8, 4) is 0 Å². The van der Waals surface area contributed by atoms with Gasteiger partial charge in [0.1, 0.15) is 6.54 Å². The smallest absolute Gasteiger partial charge is 0.251 e. The molecule has 2 amide bonds. The Hall–Kier alpha value is -3.87. The van der Waals surface area contributed by atoms with Crippen LogP contribution in [-0.2, 0) is 17.9 Å². The van der Waals surface area contributed by atoms with Gasteiger partial charge in [-0.15, -0.1) is 0 Å². The molecule has 0 atom stereocenters. The van der Waals surface area contributed by atoms with Crippen molar-refractivity contribution in [1.82, 2.24) is 20.1 Å². The molecule has 2 heterocycles. The SMILES string of the molecule is Cc1[nH]c2ccc(C(=O)NCc3cccc(NC(=O)Cn4cccn4)c3)cc2c1C. The van der Waals surface area contributed by atoms with E-state index >= 15 is 0 Å². The average molecular weight is 401 g/mol. The first-order valence-corrected chi connectivity index (χ1v) is 9.73. The molecule has 0 radical (unpaired) electrons. The molecule has 4 aromatic rings. The van der Waals surface area contributed by atoms with E-state index in [1.54, 1.807) is 23.1 Å². The monoisotopic (exact) mass is 401 g/mol. The topological polar surface area (TPSA) is 91.8 Å². The molecule has 7 heteroatoms. The van der Waals surface area contributed by atoms with Crippen molar-refractivity contribution in [3.63, 3.8) is 0 Å². The minimum atomic E-state index is -0.162. The van der Waals surface area contributed by atoms with Crippen LogP contribution in [-0.4, -0.2) is 26.6 Å². The first-order valence-electron chi connectivity index (χ1n) is 9.73. The number of hydrogen-bond donors (Lipinski definition) is 3. The Bertz CT molecular complexity index is 1210. The average Bonchev–Trinajstić information content (AvgIpc) is 3.34. The third-order valence-electron chi connectivity index (χ3n) is 5.10. The van der Waals surface area contributed by atoms with Crippen LogP contribution in [0.25, 0.3) is 10.9 Å². The molecule has 0 spiro atoms. The van der Waals surface area contributed by atoms with Gasteiger partial charge < -0.3 is 15.6 Å². The third kappa shape index (κ3) is 4.25. The fourth-order valence-corrected chi connectivity index (χ4v) is 3.39. The number of aromatic nitrogens is 3. The normalized spacial score (nSPS) is 10.9. The predicted octanol–water partition coefficient (Wildman–Crippen LogP) is 3.55. The predicted molar refractivity (Wildman–Crippen MR) is 116 cm³/mol. The number of anilines is 1. The van der Waals surface area contributed by atoms with Crippen molar-refractivity contribution in [2.45, 2.75) is 26.9 Å². The maximum Gasteiger partial charge on any atom is 0.251 e. The minimum absolute atomic E-state index is 0.136. The highest BCUT2D eigenvalue weighted by Gasteiger charge is 2.10. The summed E-state index contributed by atoms with van der Waals surface area (Å²) in [5.41, 5.74) is 5.48. The number of carbonyl (C=O) groups excluding carboxylic acids is 2. The van der Waals surface area contributed by atoms with E-state index in [2.05, 4.69) is 20.7 Å². The number of carbonyl (C=O) groups is 2. The lowest BCUT2D eigenvalue weighted by Gasteiger charge is -2.09.